The van der Waals surface area contributed by atoms with Crippen molar-refractivity contribution in [2.45, 2.75) is 64.4 Å². The molecule has 2 rings (SSSR count). The third kappa shape index (κ3) is 2.94. The van der Waals surface area contributed by atoms with Crippen molar-refractivity contribution in [3.05, 3.63) is 17.5 Å². The molecule has 1 unspecified atom stereocenters. The number of rotatable bonds is 4. The maximum Gasteiger partial charge on any atom is 0.0702 e. The van der Waals surface area contributed by atoms with Crippen molar-refractivity contribution in [3.8, 4) is 0 Å². The van der Waals surface area contributed by atoms with Crippen molar-refractivity contribution in [1.82, 2.24) is 9.78 Å². The molecular formula is C15H26N2O. The first-order valence-electron chi connectivity index (χ1n) is 7.27. The Bertz CT molecular complexity index is 389. The smallest absolute Gasteiger partial charge is 0.0702 e. The van der Waals surface area contributed by atoms with Crippen LogP contribution in [0.5, 0.6) is 0 Å². The molecule has 0 bridgehead atoms. The molecule has 0 spiro atoms. The summed E-state index contributed by atoms with van der Waals surface area (Å²) in [4.78, 5) is 0. The van der Waals surface area contributed by atoms with Crippen molar-refractivity contribution in [2.75, 3.05) is 0 Å². The Morgan fingerprint density at radius 2 is 2.06 bits per heavy atom. The van der Waals surface area contributed by atoms with Gasteiger partial charge in [0.15, 0.2) is 0 Å². The lowest BCUT2D eigenvalue weighted by atomic mass is 9.76. The Hall–Kier alpha value is -0.830. The predicted molar refractivity (Wildman–Crippen MR) is 73.5 cm³/mol. The number of hydrogen-bond acceptors (Lipinski definition) is 2. The van der Waals surface area contributed by atoms with Gasteiger partial charge in [0.1, 0.15) is 0 Å². The largest absolute Gasteiger partial charge is 0.389 e. The lowest BCUT2D eigenvalue weighted by Crippen LogP contribution is -2.38. The van der Waals surface area contributed by atoms with Crippen molar-refractivity contribution in [2.24, 2.45) is 13.0 Å². The number of nitrogens with zero attached hydrogens (tertiary/aromatic N) is 2. The van der Waals surface area contributed by atoms with Crippen LogP contribution in [0, 0.1) is 5.92 Å². The van der Waals surface area contributed by atoms with Crippen molar-refractivity contribution in [1.29, 1.82) is 0 Å². The average Bonchev–Trinajstić information content (AvgIpc) is 2.71. The van der Waals surface area contributed by atoms with Gasteiger partial charge in [-0.1, -0.05) is 26.2 Å². The fourth-order valence-corrected chi connectivity index (χ4v) is 3.15. The van der Waals surface area contributed by atoms with Crippen LogP contribution >= 0.6 is 0 Å². The monoisotopic (exact) mass is 250 g/mol. The molecule has 1 N–H and O–H groups in total. The maximum absolute atomic E-state index is 10.8. The third-order valence-electron chi connectivity index (χ3n) is 4.41. The van der Waals surface area contributed by atoms with Crippen LogP contribution in [0.2, 0.25) is 0 Å². The summed E-state index contributed by atoms with van der Waals surface area (Å²) in [6.07, 6.45) is 7.90. The molecule has 1 aliphatic rings. The summed E-state index contributed by atoms with van der Waals surface area (Å²) in [6.45, 7) is 4.12. The zero-order valence-electron chi connectivity index (χ0n) is 11.9. The third-order valence-corrected chi connectivity index (χ3v) is 4.41. The molecule has 1 fully saturated rings. The molecule has 1 heterocycles. The summed E-state index contributed by atoms with van der Waals surface area (Å²) in [7, 11) is 1.98. The highest BCUT2D eigenvalue weighted by Gasteiger charge is 2.33. The minimum absolute atomic E-state index is 0.450. The van der Waals surface area contributed by atoms with E-state index in [1.165, 1.54) is 32.1 Å². The van der Waals surface area contributed by atoms with Gasteiger partial charge in [-0.3, -0.25) is 4.68 Å². The molecule has 1 atom stereocenters. The molecule has 1 aliphatic carbocycles. The first-order chi connectivity index (χ1) is 8.53. The second-order valence-electron chi connectivity index (χ2n) is 5.97. The predicted octanol–water partition coefficient (Wildman–Crippen LogP) is 2.86. The zero-order valence-corrected chi connectivity index (χ0v) is 11.9. The first kappa shape index (κ1) is 13.6. The van der Waals surface area contributed by atoms with Crippen LogP contribution in [-0.4, -0.2) is 20.5 Å². The van der Waals surface area contributed by atoms with E-state index in [4.69, 9.17) is 0 Å². The van der Waals surface area contributed by atoms with E-state index in [0.717, 1.165) is 24.2 Å². The highest BCUT2D eigenvalue weighted by Crippen LogP contribution is 2.34. The maximum atomic E-state index is 10.8. The normalized spacial score (nSPS) is 20.9. The number of aryl methyl sites for hydroxylation is 2. The molecule has 102 valence electrons. The standard InChI is InChI=1S/C15H26N2O/c1-4-13-10-14(17(3)16-13)11-15(2,18)12-8-6-5-7-9-12/h10,12,18H,4-9,11H2,1-3H3. The summed E-state index contributed by atoms with van der Waals surface area (Å²) < 4.78 is 1.93. The Labute approximate surface area is 110 Å². The van der Waals surface area contributed by atoms with Gasteiger partial charge >= 0.3 is 0 Å². The average molecular weight is 250 g/mol. The summed E-state index contributed by atoms with van der Waals surface area (Å²) in [5, 5.41) is 15.2. The Balaban J connectivity index is 2.07. The lowest BCUT2D eigenvalue weighted by Gasteiger charge is -2.35. The van der Waals surface area contributed by atoms with E-state index in [1.807, 2.05) is 18.7 Å². The van der Waals surface area contributed by atoms with Gasteiger partial charge in [0, 0.05) is 19.2 Å². The van der Waals surface area contributed by atoms with Gasteiger partial charge < -0.3 is 5.11 Å². The first-order valence-corrected chi connectivity index (χ1v) is 7.27. The van der Waals surface area contributed by atoms with Crippen molar-refractivity contribution >= 4 is 0 Å². The second kappa shape index (κ2) is 5.43. The molecule has 3 heteroatoms. The minimum Gasteiger partial charge on any atom is -0.389 e. The number of hydrogen-bond donors (Lipinski definition) is 1. The fourth-order valence-electron chi connectivity index (χ4n) is 3.15. The Kier molecular flexibility index (Phi) is 4.10. The molecule has 0 saturated heterocycles. The van der Waals surface area contributed by atoms with Crippen molar-refractivity contribution in [3.63, 3.8) is 0 Å². The molecule has 1 aromatic heterocycles. The van der Waals surface area contributed by atoms with E-state index < -0.39 is 5.60 Å². The topological polar surface area (TPSA) is 38.0 Å². The van der Waals surface area contributed by atoms with Crippen LogP contribution in [0.3, 0.4) is 0 Å². The molecule has 0 aromatic carbocycles. The van der Waals surface area contributed by atoms with E-state index in [9.17, 15) is 5.11 Å². The van der Waals surface area contributed by atoms with Crippen LogP contribution in [0.15, 0.2) is 6.07 Å². The minimum atomic E-state index is -0.584. The molecule has 3 nitrogen and oxygen atoms in total. The highest BCUT2D eigenvalue weighted by atomic mass is 16.3. The molecule has 1 aromatic rings. The Morgan fingerprint density at radius 3 is 2.61 bits per heavy atom. The van der Waals surface area contributed by atoms with E-state index in [0.29, 0.717) is 5.92 Å². The number of aliphatic hydroxyl groups is 1. The quantitative estimate of drug-likeness (QED) is 0.892. The van der Waals surface area contributed by atoms with Gasteiger partial charge in [-0.25, -0.2) is 0 Å². The van der Waals surface area contributed by atoms with E-state index in [1.54, 1.807) is 0 Å². The molecule has 0 radical (unpaired) electrons. The fraction of sp³-hybridized carbons (Fsp3) is 0.800. The summed E-state index contributed by atoms with van der Waals surface area (Å²) >= 11 is 0. The Morgan fingerprint density at radius 1 is 1.39 bits per heavy atom. The van der Waals surface area contributed by atoms with Gasteiger partial charge in [-0.15, -0.1) is 0 Å². The zero-order chi connectivity index (χ0) is 13.2. The molecule has 18 heavy (non-hydrogen) atoms. The van der Waals surface area contributed by atoms with Crippen LogP contribution in [-0.2, 0) is 19.9 Å². The lowest BCUT2D eigenvalue weighted by molar-refractivity contribution is -0.0173. The van der Waals surface area contributed by atoms with E-state index in [-0.39, 0.29) is 0 Å². The van der Waals surface area contributed by atoms with Crippen LogP contribution < -0.4 is 0 Å². The van der Waals surface area contributed by atoms with Crippen LogP contribution in [0.25, 0.3) is 0 Å². The molecule has 0 amide bonds. The van der Waals surface area contributed by atoms with Gasteiger partial charge in [0.05, 0.1) is 11.3 Å². The number of aromatic nitrogens is 2. The SMILES string of the molecule is CCc1cc(CC(C)(O)C2CCCCC2)n(C)n1. The summed E-state index contributed by atoms with van der Waals surface area (Å²) in [6, 6.07) is 2.14. The van der Waals surface area contributed by atoms with E-state index >= 15 is 0 Å². The van der Waals surface area contributed by atoms with E-state index in [2.05, 4.69) is 18.1 Å². The summed E-state index contributed by atoms with van der Waals surface area (Å²) in [5.41, 5.74) is 1.69. The summed E-state index contributed by atoms with van der Waals surface area (Å²) in [5.74, 6) is 0.450. The van der Waals surface area contributed by atoms with Crippen LogP contribution in [0.1, 0.15) is 57.3 Å². The molecule has 1 saturated carbocycles. The van der Waals surface area contributed by atoms with Gasteiger partial charge in [0.25, 0.3) is 0 Å². The van der Waals surface area contributed by atoms with Gasteiger partial charge in [-0.2, -0.15) is 5.10 Å². The van der Waals surface area contributed by atoms with Crippen LogP contribution in [0.4, 0.5) is 0 Å². The van der Waals surface area contributed by atoms with Crippen molar-refractivity contribution < 1.29 is 5.11 Å². The molecular weight excluding hydrogens is 224 g/mol. The van der Waals surface area contributed by atoms with Gasteiger partial charge in [-0.05, 0) is 38.2 Å². The van der Waals surface area contributed by atoms with Gasteiger partial charge in [0.2, 0.25) is 0 Å². The highest BCUT2D eigenvalue weighted by molar-refractivity contribution is 5.13. The second-order valence-corrected chi connectivity index (χ2v) is 5.97. The molecule has 0 aliphatic heterocycles.